The van der Waals surface area contributed by atoms with Gasteiger partial charge in [0.2, 0.25) is 0 Å². The molecule has 1 aliphatic heterocycles. The average Bonchev–Trinajstić information content (AvgIpc) is 3.05. The van der Waals surface area contributed by atoms with Crippen molar-refractivity contribution in [3.8, 4) is 17.3 Å². The lowest BCUT2D eigenvalue weighted by molar-refractivity contribution is 0.313. The lowest BCUT2D eigenvalue weighted by atomic mass is 10.1. The minimum atomic E-state index is 0.582. The molecule has 3 aromatic rings. The molecule has 24 heavy (non-hydrogen) atoms. The molecule has 1 N–H and O–H groups in total. The Hall–Kier alpha value is -2.84. The number of fused-ring (bicyclic) bond motifs is 1. The third-order valence-electron chi connectivity index (χ3n) is 4.65. The summed E-state index contributed by atoms with van der Waals surface area (Å²) < 4.78 is 0. The Labute approximate surface area is 141 Å². The maximum atomic E-state index is 8.98. The Balaban J connectivity index is 1.59. The van der Waals surface area contributed by atoms with E-state index in [2.05, 4.69) is 57.2 Å². The zero-order valence-electron chi connectivity index (χ0n) is 13.7. The first kappa shape index (κ1) is 14.7. The van der Waals surface area contributed by atoms with Gasteiger partial charge in [-0.1, -0.05) is 12.1 Å². The van der Waals surface area contributed by atoms with Crippen molar-refractivity contribution in [3.63, 3.8) is 0 Å². The number of hydrogen-bond acceptors (Lipinski definition) is 4. The van der Waals surface area contributed by atoms with E-state index >= 15 is 0 Å². The molecule has 0 amide bonds. The van der Waals surface area contributed by atoms with Crippen LogP contribution >= 0.6 is 0 Å². The molecule has 1 aliphatic rings. The van der Waals surface area contributed by atoms with Gasteiger partial charge in [0.15, 0.2) is 0 Å². The SMILES string of the molecule is CN1CCN(c2ccc(-c3cc4cc(C#N)cnc4[nH]3)cc2)CC1. The number of aromatic amines is 1. The molecule has 0 bridgehead atoms. The normalized spacial score (nSPS) is 15.6. The summed E-state index contributed by atoms with van der Waals surface area (Å²) in [5.41, 5.74) is 4.82. The van der Waals surface area contributed by atoms with Crippen LogP contribution in [-0.4, -0.2) is 48.1 Å². The maximum absolute atomic E-state index is 8.98. The summed E-state index contributed by atoms with van der Waals surface area (Å²) >= 11 is 0. The van der Waals surface area contributed by atoms with Gasteiger partial charge in [-0.15, -0.1) is 0 Å². The van der Waals surface area contributed by atoms with Crippen LogP contribution in [0.5, 0.6) is 0 Å². The highest BCUT2D eigenvalue weighted by atomic mass is 15.2. The van der Waals surface area contributed by atoms with Crippen LogP contribution in [0.25, 0.3) is 22.3 Å². The molecule has 0 saturated carbocycles. The van der Waals surface area contributed by atoms with Crippen LogP contribution in [0, 0.1) is 11.3 Å². The third kappa shape index (κ3) is 2.72. The van der Waals surface area contributed by atoms with Crippen molar-refractivity contribution in [2.45, 2.75) is 0 Å². The van der Waals surface area contributed by atoms with Gasteiger partial charge in [-0.2, -0.15) is 5.26 Å². The lowest BCUT2D eigenvalue weighted by Crippen LogP contribution is -2.44. The summed E-state index contributed by atoms with van der Waals surface area (Å²) in [5, 5.41) is 9.95. The fourth-order valence-corrected chi connectivity index (χ4v) is 3.15. The van der Waals surface area contributed by atoms with Crippen LogP contribution in [0.3, 0.4) is 0 Å². The van der Waals surface area contributed by atoms with Crippen LogP contribution in [0.15, 0.2) is 42.6 Å². The van der Waals surface area contributed by atoms with Crippen molar-refractivity contribution < 1.29 is 0 Å². The van der Waals surface area contributed by atoms with Gasteiger partial charge in [-0.25, -0.2) is 4.98 Å². The fourth-order valence-electron chi connectivity index (χ4n) is 3.15. The highest BCUT2D eigenvalue weighted by Crippen LogP contribution is 2.26. The molecule has 120 valence electrons. The molecular formula is C19H19N5. The van der Waals surface area contributed by atoms with E-state index in [0.29, 0.717) is 5.56 Å². The van der Waals surface area contributed by atoms with Crippen LogP contribution in [-0.2, 0) is 0 Å². The Morgan fingerprint density at radius 1 is 1.08 bits per heavy atom. The third-order valence-corrected chi connectivity index (χ3v) is 4.65. The molecule has 0 atom stereocenters. The number of hydrogen-bond donors (Lipinski definition) is 1. The number of pyridine rings is 1. The summed E-state index contributed by atoms with van der Waals surface area (Å²) in [4.78, 5) is 12.4. The van der Waals surface area contributed by atoms with E-state index in [4.69, 9.17) is 5.26 Å². The minimum absolute atomic E-state index is 0.582. The predicted octanol–water partition coefficient (Wildman–Crippen LogP) is 2.85. The smallest absolute Gasteiger partial charge is 0.137 e. The molecule has 1 saturated heterocycles. The first-order chi connectivity index (χ1) is 11.7. The molecule has 2 aromatic heterocycles. The zero-order chi connectivity index (χ0) is 16.5. The van der Waals surface area contributed by atoms with E-state index in [1.807, 2.05) is 12.1 Å². The molecule has 5 nitrogen and oxygen atoms in total. The van der Waals surface area contributed by atoms with E-state index in [-0.39, 0.29) is 0 Å². The second-order valence-corrected chi connectivity index (χ2v) is 6.29. The first-order valence-electron chi connectivity index (χ1n) is 8.16. The standard InChI is InChI=1S/C19H19N5/c1-23-6-8-24(9-7-23)17-4-2-15(3-5-17)18-11-16-10-14(12-20)13-21-19(16)22-18/h2-5,10-11,13H,6-9H2,1H3,(H,21,22). The van der Waals surface area contributed by atoms with Gasteiger partial charge in [0.05, 0.1) is 5.56 Å². The monoisotopic (exact) mass is 317 g/mol. The molecule has 0 unspecified atom stereocenters. The van der Waals surface area contributed by atoms with E-state index in [1.165, 1.54) is 5.69 Å². The van der Waals surface area contributed by atoms with Gasteiger partial charge in [0.25, 0.3) is 0 Å². The zero-order valence-corrected chi connectivity index (χ0v) is 13.7. The Morgan fingerprint density at radius 3 is 2.54 bits per heavy atom. The van der Waals surface area contributed by atoms with Crippen molar-refractivity contribution in [3.05, 3.63) is 48.2 Å². The van der Waals surface area contributed by atoms with E-state index in [9.17, 15) is 0 Å². The van der Waals surface area contributed by atoms with Crippen molar-refractivity contribution in [2.24, 2.45) is 0 Å². The number of benzene rings is 1. The van der Waals surface area contributed by atoms with Gasteiger partial charge in [-0.05, 0) is 36.9 Å². The Morgan fingerprint density at radius 2 is 1.83 bits per heavy atom. The summed E-state index contributed by atoms with van der Waals surface area (Å²) in [7, 11) is 2.17. The van der Waals surface area contributed by atoms with Gasteiger partial charge < -0.3 is 14.8 Å². The largest absolute Gasteiger partial charge is 0.369 e. The molecular weight excluding hydrogens is 298 g/mol. The second kappa shape index (κ2) is 5.99. The molecule has 4 rings (SSSR count). The second-order valence-electron chi connectivity index (χ2n) is 6.29. The van der Waals surface area contributed by atoms with Crippen LogP contribution in [0.2, 0.25) is 0 Å². The summed E-state index contributed by atoms with van der Waals surface area (Å²) in [6.45, 7) is 4.36. The van der Waals surface area contributed by atoms with Gasteiger partial charge >= 0.3 is 0 Å². The number of H-pyrrole nitrogens is 1. The van der Waals surface area contributed by atoms with E-state index < -0.39 is 0 Å². The number of piperazine rings is 1. The van der Waals surface area contributed by atoms with Crippen molar-refractivity contribution in [1.29, 1.82) is 5.26 Å². The molecule has 1 aromatic carbocycles. The molecule has 0 aliphatic carbocycles. The number of nitriles is 1. The van der Waals surface area contributed by atoms with Crippen molar-refractivity contribution in [2.75, 3.05) is 38.1 Å². The van der Waals surface area contributed by atoms with Gasteiger partial charge in [-0.3, -0.25) is 0 Å². The molecule has 1 fully saturated rings. The molecule has 0 radical (unpaired) electrons. The summed E-state index contributed by atoms with van der Waals surface area (Å²) in [6, 6.07) is 14.7. The average molecular weight is 317 g/mol. The quantitative estimate of drug-likeness (QED) is 0.789. The van der Waals surface area contributed by atoms with Crippen LogP contribution in [0.1, 0.15) is 5.56 Å². The molecule has 3 heterocycles. The van der Waals surface area contributed by atoms with Gasteiger partial charge in [0, 0.05) is 49.1 Å². The van der Waals surface area contributed by atoms with Crippen molar-refractivity contribution in [1.82, 2.24) is 14.9 Å². The summed E-state index contributed by atoms with van der Waals surface area (Å²) in [6.07, 6.45) is 1.60. The maximum Gasteiger partial charge on any atom is 0.137 e. The number of anilines is 1. The highest BCUT2D eigenvalue weighted by Gasteiger charge is 2.14. The molecule has 5 heteroatoms. The first-order valence-corrected chi connectivity index (χ1v) is 8.16. The van der Waals surface area contributed by atoms with E-state index in [1.54, 1.807) is 6.20 Å². The summed E-state index contributed by atoms with van der Waals surface area (Å²) in [5.74, 6) is 0. The highest BCUT2D eigenvalue weighted by molar-refractivity contribution is 5.84. The number of nitrogens with one attached hydrogen (secondary N) is 1. The van der Waals surface area contributed by atoms with Crippen LogP contribution in [0.4, 0.5) is 5.69 Å². The number of likely N-dealkylation sites (N-methyl/N-ethyl adjacent to an activating group) is 1. The number of aromatic nitrogens is 2. The predicted molar refractivity (Wildman–Crippen MR) is 96.0 cm³/mol. The van der Waals surface area contributed by atoms with Crippen LogP contribution < -0.4 is 4.90 Å². The topological polar surface area (TPSA) is 58.9 Å². The number of nitrogens with zero attached hydrogens (tertiary/aromatic N) is 4. The number of rotatable bonds is 2. The molecule has 0 spiro atoms. The fraction of sp³-hybridized carbons (Fsp3) is 0.263. The van der Waals surface area contributed by atoms with Crippen molar-refractivity contribution >= 4 is 16.7 Å². The van der Waals surface area contributed by atoms with E-state index in [0.717, 1.165) is 48.5 Å². The minimum Gasteiger partial charge on any atom is -0.369 e. The van der Waals surface area contributed by atoms with Gasteiger partial charge in [0.1, 0.15) is 11.7 Å². The lowest BCUT2D eigenvalue weighted by Gasteiger charge is -2.34. The Bertz CT molecular complexity index is 896. The Kier molecular flexibility index (Phi) is 3.68.